The molecule has 0 radical (unpaired) electrons. The van der Waals surface area contributed by atoms with Crippen molar-refractivity contribution in [1.29, 1.82) is 0 Å². The summed E-state index contributed by atoms with van der Waals surface area (Å²) in [6.45, 7) is 0. The minimum absolute atomic E-state index is 0.125. The molecule has 0 aromatic carbocycles. The second-order valence-electron chi connectivity index (χ2n) is 2.78. The molecule has 0 aliphatic carbocycles. The van der Waals surface area contributed by atoms with Crippen LogP contribution in [0.2, 0.25) is 0 Å². The normalized spacial score (nSPS) is 10.7. The highest BCUT2D eigenvalue weighted by molar-refractivity contribution is 14.1. The molecule has 0 bridgehead atoms. The third-order valence-electron chi connectivity index (χ3n) is 1.67. The quantitative estimate of drug-likeness (QED) is 0.656. The summed E-state index contributed by atoms with van der Waals surface area (Å²) < 4.78 is 25.3. The number of aliphatic carboxylic acids is 1. The number of pyridine rings is 1. The number of hydrogen-bond acceptors (Lipinski definition) is 3. The number of rotatable bonds is 3. The fraction of sp³-hybridized carbons (Fsp3) is 0.250. The van der Waals surface area contributed by atoms with E-state index in [0.29, 0.717) is 3.70 Å². The second kappa shape index (κ2) is 4.69. The Morgan fingerprint density at radius 2 is 2.27 bits per heavy atom. The van der Waals surface area contributed by atoms with Gasteiger partial charge in [0.25, 0.3) is 6.43 Å². The minimum Gasteiger partial charge on any atom is -0.481 e. The lowest BCUT2D eigenvalue weighted by atomic mass is 10.1. The first-order chi connectivity index (χ1) is 6.91. The van der Waals surface area contributed by atoms with Crippen LogP contribution in [0, 0.1) is 3.70 Å². The van der Waals surface area contributed by atoms with E-state index < -0.39 is 24.4 Å². The van der Waals surface area contributed by atoms with Crippen LogP contribution in [0.3, 0.4) is 0 Å². The van der Waals surface area contributed by atoms with Gasteiger partial charge in [0.15, 0.2) is 0 Å². The number of carbonyl (C=O) groups is 1. The monoisotopic (exact) mass is 328 g/mol. The van der Waals surface area contributed by atoms with E-state index in [1.54, 1.807) is 22.6 Å². The summed E-state index contributed by atoms with van der Waals surface area (Å²) in [5.41, 5.74) is 4.97. The van der Waals surface area contributed by atoms with Gasteiger partial charge in [0.1, 0.15) is 3.70 Å². The Bertz CT molecular complexity index is 398. The molecule has 0 saturated heterocycles. The average molecular weight is 328 g/mol. The molecule has 0 unspecified atom stereocenters. The van der Waals surface area contributed by atoms with Gasteiger partial charge in [-0.1, -0.05) is 0 Å². The fourth-order valence-corrected chi connectivity index (χ4v) is 1.48. The van der Waals surface area contributed by atoms with Crippen molar-refractivity contribution in [3.05, 3.63) is 21.0 Å². The highest BCUT2D eigenvalue weighted by Crippen LogP contribution is 2.26. The van der Waals surface area contributed by atoms with Gasteiger partial charge in [-0.25, -0.2) is 13.8 Å². The molecular formula is C8H7F2IN2O2. The van der Waals surface area contributed by atoms with Gasteiger partial charge in [-0.3, -0.25) is 4.79 Å². The average Bonchev–Trinajstić information content (AvgIpc) is 2.09. The van der Waals surface area contributed by atoms with Gasteiger partial charge in [0.05, 0.1) is 17.8 Å². The van der Waals surface area contributed by atoms with Gasteiger partial charge in [0.2, 0.25) is 0 Å². The van der Waals surface area contributed by atoms with Gasteiger partial charge in [-0.2, -0.15) is 0 Å². The number of halogens is 3. The largest absolute Gasteiger partial charge is 0.481 e. The number of aromatic nitrogens is 1. The molecule has 0 aliphatic rings. The molecule has 0 amide bonds. The van der Waals surface area contributed by atoms with Crippen molar-refractivity contribution in [1.82, 2.24) is 4.98 Å². The molecule has 0 atom stereocenters. The number of alkyl halides is 2. The summed E-state index contributed by atoms with van der Waals surface area (Å²) in [5.74, 6) is -1.20. The van der Waals surface area contributed by atoms with E-state index >= 15 is 0 Å². The van der Waals surface area contributed by atoms with E-state index in [-0.39, 0.29) is 11.4 Å². The third-order valence-corrected chi connectivity index (χ3v) is 2.53. The molecule has 15 heavy (non-hydrogen) atoms. The number of carboxylic acids is 1. The SMILES string of the molecule is Nc1cc(C(F)F)c(CC(=O)O)nc1I. The summed E-state index contributed by atoms with van der Waals surface area (Å²) in [7, 11) is 0. The zero-order valence-electron chi connectivity index (χ0n) is 7.38. The molecule has 1 aromatic heterocycles. The van der Waals surface area contributed by atoms with E-state index in [2.05, 4.69) is 4.98 Å². The first kappa shape index (κ1) is 12.1. The molecule has 0 saturated carbocycles. The number of nitrogens with two attached hydrogens (primary N) is 1. The summed E-state index contributed by atoms with van der Waals surface area (Å²) in [6, 6.07) is 1.07. The van der Waals surface area contributed by atoms with Crippen LogP contribution in [0.1, 0.15) is 17.7 Å². The summed E-state index contributed by atoms with van der Waals surface area (Å²) in [4.78, 5) is 14.2. The Hall–Kier alpha value is -0.990. The Kier molecular flexibility index (Phi) is 3.77. The first-order valence-electron chi connectivity index (χ1n) is 3.86. The van der Waals surface area contributed by atoms with Gasteiger partial charge < -0.3 is 10.8 Å². The number of anilines is 1. The lowest BCUT2D eigenvalue weighted by Crippen LogP contribution is -2.09. The van der Waals surface area contributed by atoms with Gasteiger partial charge in [0, 0.05) is 5.56 Å². The molecule has 3 N–H and O–H groups in total. The highest BCUT2D eigenvalue weighted by Gasteiger charge is 2.18. The topological polar surface area (TPSA) is 76.2 Å². The van der Waals surface area contributed by atoms with E-state index in [1.165, 1.54) is 0 Å². The maximum Gasteiger partial charge on any atom is 0.309 e. The maximum atomic E-state index is 12.5. The number of carboxylic acid groups (broad SMARTS) is 1. The van der Waals surface area contributed by atoms with Crippen LogP contribution in [0.25, 0.3) is 0 Å². The number of hydrogen-bond donors (Lipinski definition) is 2. The predicted octanol–water partition coefficient (Wildman–Crippen LogP) is 1.83. The molecule has 7 heteroatoms. The van der Waals surface area contributed by atoms with Crippen molar-refractivity contribution < 1.29 is 18.7 Å². The third kappa shape index (κ3) is 2.98. The Morgan fingerprint density at radius 3 is 2.73 bits per heavy atom. The smallest absolute Gasteiger partial charge is 0.309 e. The predicted molar refractivity (Wildman–Crippen MR) is 57.7 cm³/mol. The number of nitrogens with zero attached hydrogens (tertiary/aromatic N) is 1. The van der Waals surface area contributed by atoms with Crippen molar-refractivity contribution in [2.45, 2.75) is 12.8 Å². The molecule has 0 spiro atoms. The van der Waals surface area contributed by atoms with E-state index in [0.717, 1.165) is 6.07 Å². The van der Waals surface area contributed by atoms with E-state index in [1.807, 2.05) is 0 Å². The maximum absolute atomic E-state index is 12.5. The van der Waals surface area contributed by atoms with Crippen LogP contribution in [-0.2, 0) is 11.2 Å². The van der Waals surface area contributed by atoms with Crippen molar-refractivity contribution in [3.63, 3.8) is 0 Å². The van der Waals surface area contributed by atoms with E-state index in [4.69, 9.17) is 10.8 Å². The zero-order chi connectivity index (χ0) is 11.6. The first-order valence-corrected chi connectivity index (χ1v) is 4.94. The van der Waals surface area contributed by atoms with Crippen LogP contribution in [0.4, 0.5) is 14.5 Å². The minimum atomic E-state index is -2.77. The summed E-state index contributed by atoms with van der Waals surface area (Å²) in [6.07, 6.45) is -3.30. The standard InChI is InChI=1S/C8H7F2IN2O2/c9-7(10)3-1-4(12)8(11)13-5(3)2-6(14)15/h1,7H,2,12H2,(H,14,15). The molecule has 4 nitrogen and oxygen atoms in total. The zero-order valence-corrected chi connectivity index (χ0v) is 9.53. The highest BCUT2D eigenvalue weighted by atomic mass is 127. The van der Waals surface area contributed by atoms with Crippen molar-refractivity contribution in [2.24, 2.45) is 0 Å². The van der Waals surface area contributed by atoms with Gasteiger partial charge in [-0.05, 0) is 28.7 Å². The van der Waals surface area contributed by atoms with Crippen LogP contribution < -0.4 is 5.73 Å². The fourth-order valence-electron chi connectivity index (χ4n) is 1.03. The molecule has 82 valence electrons. The lowest BCUT2D eigenvalue weighted by Gasteiger charge is -2.08. The second-order valence-corrected chi connectivity index (χ2v) is 3.80. The molecular weight excluding hydrogens is 321 g/mol. The Labute approximate surface area is 97.6 Å². The molecule has 0 fully saturated rings. The van der Waals surface area contributed by atoms with Crippen LogP contribution >= 0.6 is 22.6 Å². The number of nitrogen functional groups attached to an aromatic ring is 1. The molecule has 1 aromatic rings. The Balaban J connectivity index is 3.21. The molecule has 0 aliphatic heterocycles. The van der Waals surface area contributed by atoms with Gasteiger partial charge >= 0.3 is 5.97 Å². The van der Waals surface area contributed by atoms with Crippen molar-refractivity contribution in [2.75, 3.05) is 5.73 Å². The van der Waals surface area contributed by atoms with Crippen molar-refractivity contribution in [3.8, 4) is 0 Å². The van der Waals surface area contributed by atoms with Crippen LogP contribution in [0.15, 0.2) is 6.07 Å². The van der Waals surface area contributed by atoms with Crippen LogP contribution in [0.5, 0.6) is 0 Å². The molecule has 1 heterocycles. The Morgan fingerprint density at radius 1 is 1.67 bits per heavy atom. The van der Waals surface area contributed by atoms with Gasteiger partial charge in [-0.15, -0.1) is 0 Å². The molecule has 1 rings (SSSR count). The van der Waals surface area contributed by atoms with E-state index in [9.17, 15) is 13.6 Å². The lowest BCUT2D eigenvalue weighted by molar-refractivity contribution is -0.136. The van der Waals surface area contributed by atoms with Crippen LogP contribution in [-0.4, -0.2) is 16.1 Å². The van der Waals surface area contributed by atoms with Crippen molar-refractivity contribution >= 4 is 34.2 Å². The summed E-state index contributed by atoms with van der Waals surface area (Å²) in [5, 5.41) is 8.51. The summed E-state index contributed by atoms with van der Waals surface area (Å²) >= 11 is 1.76.